The molecule has 0 bridgehead atoms. The first-order valence-corrected chi connectivity index (χ1v) is 8.03. The van der Waals surface area contributed by atoms with Crippen molar-refractivity contribution in [3.8, 4) is 0 Å². The van der Waals surface area contributed by atoms with Crippen LogP contribution in [0.1, 0.15) is 31.2 Å². The molecule has 2 aromatic rings. The molecule has 0 aromatic carbocycles. The molecule has 0 saturated heterocycles. The number of nitrogens with one attached hydrogen (secondary N) is 1. The summed E-state index contributed by atoms with van der Waals surface area (Å²) in [5.41, 5.74) is 1.23. The van der Waals surface area contributed by atoms with Crippen LogP contribution in [-0.2, 0) is 13.1 Å². The van der Waals surface area contributed by atoms with Crippen molar-refractivity contribution in [2.24, 2.45) is 0 Å². The number of rotatable bonds is 7. The molecule has 2 aromatic heterocycles. The van der Waals surface area contributed by atoms with Gasteiger partial charge in [-0.3, -0.25) is 0 Å². The summed E-state index contributed by atoms with van der Waals surface area (Å²) in [6.07, 6.45) is 1.97. The second-order valence-electron chi connectivity index (χ2n) is 5.11. The van der Waals surface area contributed by atoms with Gasteiger partial charge in [0.2, 0.25) is 0 Å². The fourth-order valence-corrected chi connectivity index (χ4v) is 2.76. The monoisotopic (exact) mass is 289 g/mol. The van der Waals surface area contributed by atoms with Crippen molar-refractivity contribution in [2.75, 3.05) is 11.4 Å². The van der Waals surface area contributed by atoms with Crippen LogP contribution in [-0.4, -0.2) is 17.6 Å². The predicted octanol–water partition coefficient (Wildman–Crippen LogP) is 3.67. The summed E-state index contributed by atoms with van der Waals surface area (Å²) in [6, 6.07) is 9.00. The van der Waals surface area contributed by atoms with E-state index >= 15 is 0 Å². The maximum absolute atomic E-state index is 4.62. The first-order valence-electron chi connectivity index (χ1n) is 7.15. The molecule has 0 aliphatic carbocycles. The lowest BCUT2D eigenvalue weighted by atomic mass is 10.2. The molecule has 3 nitrogen and oxygen atoms in total. The van der Waals surface area contributed by atoms with Crippen LogP contribution < -0.4 is 10.2 Å². The zero-order valence-electron chi connectivity index (χ0n) is 12.5. The highest BCUT2D eigenvalue weighted by atomic mass is 32.1. The molecular formula is C16H23N3S. The molecule has 0 amide bonds. The average molecular weight is 289 g/mol. The Labute approximate surface area is 125 Å². The van der Waals surface area contributed by atoms with Crippen LogP contribution in [0.2, 0.25) is 0 Å². The lowest BCUT2D eigenvalue weighted by molar-refractivity contribution is 0.674. The van der Waals surface area contributed by atoms with Crippen molar-refractivity contribution in [1.29, 1.82) is 0 Å². The van der Waals surface area contributed by atoms with Crippen molar-refractivity contribution in [3.63, 3.8) is 0 Å². The van der Waals surface area contributed by atoms with E-state index in [2.05, 4.69) is 65.6 Å². The van der Waals surface area contributed by atoms with Gasteiger partial charge in [0.05, 0.1) is 6.54 Å². The summed E-state index contributed by atoms with van der Waals surface area (Å²) in [5.74, 6) is 1.05. The standard InChI is InChI=1S/C16H23N3S/c1-4-17-10-14-7-8-16(18-11-14)19(13(2)3)12-15-6-5-9-20-15/h5-9,11,13,17H,4,10,12H2,1-3H3. The minimum atomic E-state index is 0.434. The van der Waals surface area contributed by atoms with Crippen LogP contribution in [0.5, 0.6) is 0 Å². The summed E-state index contributed by atoms with van der Waals surface area (Å²) < 4.78 is 0. The third-order valence-electron chi connectivity index (χ3n) is 3.21. The number of nitrogens with zero attached hydrogens (tertiary/aromatic N) is 2. The summed E-state index contributed by atoms with van der Waals surface area (Å²) in [4.78, 5) is 8.33. The number of pyridine rings is 1. The van der Waals surface area contributed by atoms with Gasteiger partial charge in [0.25, 0.3) is 0 Å². The molecule has 0 radical (unpaired) electrons. The van der Waals surface area contributed by atoms with E-state index in [-0.39, 0.29) is 0 Å². The number of anilines is 1. The minimum Gasteiger partial charge on any atom is -0.349 e. The third kappa shape index (κ3) is 4.05. The molecule has 2 heterocycles. The molecule has 2 rings (SSSR count). The molecule has 0 fully saturated rings. The van der Waals surface area contributed by atoms with Gasteiger partial charge in [-0.1, -0.05) is 19.1 Å². The van der Waals surface area contributed by atoms with Crippen molar-refractivity contribution < 1.29 is 0 Å². The second-order valence-corrected chi connectivity index (χ2v) is 6.14. The van der Waals surface area contributed by atoms with Crippen molar-refractivity contribution in [2.45, 2.75) is 39.9 Å². The molecule has 0 unspecified atom stereocenters. The van der Waals surface area contributed by atoms with Crippen LogP contribution >= 0.6 is 11.3 Å². The van der Waals surface area contributed by atoms with Gasteiger partial charge in [0.15, 0.2) is 0 Å². The summed E-state index contributed by atoms with van der Waals surface area (Å²) in [5, 5.41) is 5.45. The zero-order valence-corrected chi connectivity index (χ0v) is 13.3. The molecule has 1 N–H and O–H groups in total. The van der Waals surface area contributed by atoms with Crippen molar-refractivity contribution >= 4 is 17.2 Å². The quantitative estimate of drug-likeness (QED) is 0.843. The molecule has 0 saturated carbocycles. The van der Waals surface area contributed by atoms with E-state index in [0.29, 0.717) is 6.04 Å². The van der Waals surface area contributed by atoms with Crippen LogP contribution in [0.15, 0.2) is 35.8 Å². The van der Waals surface area contributed by atoms with E-state index < -0.39 is 0 Å². The van der Waals surface area contributed by atoms with Crippen molar-refractivity contribution in [1.82, 2.24) is 10.3 Å². The molecule has 0 aliphatic heterocycles. The maximum Gasteiger partial charge on any atom is 0.129 e. The van der Waals surface area contributed by atoms with E-state index in [9.17, 15) is 0 Å². The van der Waals surface area contributed by atoms with Gasteiger partial charge in [0, 0.05) is 23.7 Å². The second kappa shape index (κ2) is 7.41. The lowest BCUT2D eigenvalue weighted by Gasteiger charge is -2.27. The number of thiophene rings is 1. The predicted molar refractivity (Wildman–Crippen MR) is 87.3 cm³/mol. The Hall–Kier alpha value is -1.39. The van der Waals surface area contributed by atoms with E-state index in [1.807, 2.05) is 6.20 Å². The Kier molecular flexibility index (Phi) is 5.56. The topological polar surface area (TPSA) is 28.2 Å². The Balaban J connectivity index is 2.09. The highest BCUT2D eigenvalue weighted by molar-refractivity contribution is 7.09. The maximum atomic E-state index is 4.62. The molecule has 0 spiro atoms. The number of hydrogen-bond donors (Lipinski definition) is 1. The van der Waals surface area contributed by atoms with Crippen LogP contribution in [0.3, 0.4) is 0 Å². The highest BCUT2D eigenvalue weighted by Gasteiger charge is 2.13. The molecule has 4 heteroatoms. The Morgan fingerprint density at radius 3 is 2.70 bits per heavy atom. The Morgan fingerprint density at radius 2 is 2.15 bits per heavy atom. The van der Waals surface area contributed by atoms with Crippen molar-refractivity contribution in [3.05, 3.63) is 46.3 Å². The average Bonchev–Trinajstić information content (AvgIpc) is 2.96. The smallest absolute Gasteiger partial charge is 0.129 e. The Morgan fingerprint density at radius 1 is 1.30 bits per heavy atom. The van der Waals surface area contributed by atoms with E-state index in [4.69, 9.17) is 0 Å². The summed E-state index contributed by atoms with van der Waals surface area (Å²) in [7, 11) is 0. The van der Waals surface area contributed by atoms with Gasteiger partial charge in [-0.25, -0.2) is 4.98 Å². The normalized spacial score (nSPS) is 11.0. The molecule has 0 aliphatic rings. The zero-order chi connectivity index (χ0) is 14.4. The lowest BCUT2D eigenvalue weighted by Crippen LogP contribution is -2.30. The summed E-state index contributed by atoms with van der Waals surface area (Å²) in [6.45, 7) is 9.33. The van der Waals surface area contributed by atoms with Gasteiger partial charge in [-0.15, -0.1) is 11.3 Å². The molecule has 108 valence electrons. The number of hydrogen-bond acceptors (Lipinski definition) is 4. The first-order chi connectivity index (χ1) is 9.70. The van der Waals surface area contributed by atoms with E-state index in [1.54, 1.807) is 11.3 Å². The largest absolute Gasteiger partial charge is 0.349 e. The third-order valence-corrected chi connectivity index (χ3v) is 4.07. The highest BCUT2D eigenvalue weighted by Crippen LogP contribution is 2.20. The van der Waals surface area contributed by atoms with Gasteiger partial charge in [-0.05, 0) is 43.5 Å². The fraction of sp³-hybridized carbons (Fsp3) is 0.438. The molecule has 20 heavy (non-hydrogen) atoms. The minimum absolute atomic E-state index is 0.434. The van der Waals surface area contributed by atoms with Crippen LogP contribution in [0, 0.1) is 0 Å². The van der Waals surface area contributed by atoms with Gasteiger partial charge >= 0.3 is 0 Å². The molecular weight excluding hydrogens is 266 g/mol. The van der Waals surface area contributed by atoms with E-state index in [0.717, 1.165) is 25.5 Å². The van der Waals surface area contributed by atoms with Crippen LogP contribution in [0.25, 0.3) is 0 Å². The number of aromatic nitrogens is 1. The first kappa shape index (κ1) is 15.0. The van der Waals surface area contributed by atoms with Gasteiger partial charge in [0.1, 0.15) is 5.82 Å². The summed E-state index contributed by atoms with van der Waals surface area (Å²) >= 11 is 1.80. The van der Waals surface area contributed by atoms with Crippen LogP contribution in [0.4, 0.5) is 5.82 Å². The van der Waals surface area contributed by atoms with Gasteiger partial charge in [-0.2, -0.15) is 0 Å². The SMILES string of the molecule is CCNCc1ccc(N(Cc2cccs2)C(C)C)nc1. The van der Waals surface area contributed by atoms with Gasteiger partial charge < -0.3 is 10.2 Å². The Bertz CT molecular complexity index is 491. The molecule has 0 atom stereocenters. The van der Waals surface area contributed by atoms with E-state index in [1.165, 1.54) is 10.4 Å². The fourth-order valence-electron chi connectivity index (χ4n) is 2.06.